The number of thiocarbonyl (C=S) groups is 1. The summed E-state index contributed by atoms with van der Waals surface area (Å²) in [6.07, 6.45) is 5.63. The topological polar surface area (TPSA) is 98.2 Å². The lowest BCUT2D eigenvalue weighted by molar-refractivity contribution is -0.150. The van der Waals surface area contributed by atoms with E-state index in [2.05, 4.69) is 67.3 Å². The first kappa shape index (κ1) is 29.1. The first-order chi connectivity index (χ1) is 20.5. The van der Waals surface area contributed by atoms with Gasteiger partial charge in [0, 0.05) is 16.8 Å². The van der Waals surface area contributed by atoms with Crippen LogP contribution in [0.3, 0.4) is 0 Å². The number of anilines is 2. The Morgan fingerprint density at radius 2 is 1.65 bits per heavy atom. The predicted octanol–water partition coefficient (Wildman–Crippen LogP) is 7.22. The number of rotatable bonds is 7. The summed E-state index contributed by atoms with van der Waals surface area (Å²) in [5, 5.41) is 18.6. The third kappa shape index (κ3) is 4.84. The van der Waals surface area contributed by atoms with Gasteiger partial charge in [0.2, 0.25) is 0 Å². The van der Waals surface area contributed by atoms with Crippen molar-refractivity contribution in [3.63, 3.8) is 0 Å². The van der Waals surface area contributed by atoms with Crippen molar-refractivity contribution in [3.8, 4) is 11.1 Å². The van der Waals surface area contributed by atoms with Crippen molar-refractivity contribution in [2.45, 2.75) is 62.9 Å². The quantitative estimate of drug-likeness (QED) is 0.213. The van der Waals surface area contributed by atoms with Gasteiger partial charge in [0.25, 0.3) is 5.91 Å². The molecule has 1 amide bonds. The average molecular weight is 613 g/mol. The van der Waals surface area contributed by atoms with E-state index in [1.165, 1.54) is 29.8 Å². The molecule has 2 N–H and O–H groups in total. The highest BCUT2D eigenvalue weighted by Gasteiger charge is 2.57. The molecular formula is C34H32N2O5S2. The summed E-state index contributed by atoms with van der Waals surface area (Å²) in [6.45, 7) is 4.83. The van der Waals surface area contributed by atoms with Crippen molar-refractivity contribution in [2.75, 3.05) is 4.90 Å². The van der Waals surface area contributed by atoms with Gasteiger partial charge in [-0.2, -0.15) is 0 Å². The Morgan fingerprint density at radius 3 is 2.33 bits per heavy atom. The number of carbonyl (C=O) groups excluding carboxylic acids is 1. The SMILES string of the molecule is CC12CCCCC1(C)N(c1ccccc1)c1ccc(-c3ccc(/C=C4\SC(=S)N(C(CC(=O)O)C(=O)O)C4=O)cc3)cc12. The van der Waals surface area contributed by atoms with Gasteiger partial charge < -0.3 is 15.1 Å². The Kier molecular flexibility index (Phi) is 7.42. The Balaban J connectivity index is 1.30. The minimum Gasteiger partial charge on any atom is -0.481 e. The fourth-order valence-corrected chi connectivity index (χ4v) is 8.38. The summed E-state index contributed by atoms with van der Waals surface area (Å²) < 4.78 is 0.0346. The van der Waals surface area contributed by atoms with Crippen molar-refractivity contribution in [3.05, 3.63) is 88.8 Å². The minimum absolute atomic E-state index is 0.00952. The van der Waals surface area contributed by atoms with E-state index in [9.17, 15) is 19.5 Å². The molecule has 1 saturated heterocycles. The Bertz CT molecular complexity index is 1670. The summed E-state index contributed by atoms with van der Waals surface area (Å²) in [5.41, 5.74) is 6.79. The minimum atomic E-state index is -1.55. The molecule has 3 aliphatic rings. The summed E-state index contributed by atoms with van der Waals surface area (Å²) >= 11 is 6.23. The van der Waals surface area contributed by atoms with Gasteiger partial charge in [-0.15, -0.1) is 0 Å². The fraction of sp³-hybridized carbons (Fsp3) is 0.294. The van der Waals surface area contributed by atoms with Gasteiger partial charge in [-0.3, -0.25) is 14.5 Å². The molecule has 6 rings (SSSR count). The highest BCUT2D eigenvalue weighted by atomic mass is 32.2. The molecule has 2 heterocycles. The van der Waals surface area contributed by atoms with Gasteiger partial charge in [0.1, 0.15) is 10.4 Å². The van der Waals surface area contributed by atoms with E-state index in [0.717, 1.165) is 46.2 Å². The van der Waals surface area contributed by atoms with Crippen LogP contribution in [0.25, 0.3) is 17.2 Å². The standard InChI is InChI=1S/C34H32N2O5S2/c1-33-16-6-7-17-34(33,2)36(24-8-4-3-5-9-24)26-15-14-23(19-25(26)33)22-12-10-21(11-13-22)18-28-30(39)35(32(42)43-28)27(31(40)41)20-29(37)38/h3-5,8-15,18-19,27H,6-7,16-17,20H2,1-2H3,(H,37,38)(H,40,41)/b28-18-. The lowest BCUT2D eigenvalue weighted by Gasteiger charge is -2.50. The predicted molar refractivity (Wildman–Crippen MR) is 173 cm³/mol. The maximum atomic E-state index is 13.0. The summed E-state index contributed by atoms with van der Waals surface area (Å²) in [5.74, 6) is -3.33. The molecule has 220 valence electrons. The molecule has 0 radical (unpaired) electrons. The Hall–Kier alpha value is -3.95. The number of amides is 1. The van der Waals surface area contributed by atoms with Crippen LogP contribution in [0.15, 0.2) is 77.7 Å². The second-order valence-electron chi connectivity index (χ2n) is 11.8. The summed E-state index contributed by atoms with van der Waals surface area (Å²) in [6, 6.07) is 23.8. The Labute approximate surface area is 260 Å². The number of benzene rings is 3. The second-order valence-corrected chi connectivity index (χ2v) is 13.5. The molecule has 0 bridgehead atoms. The lowest BCUT2D eigenvalue weighted by Crippen LogP contribution is -2.54. The third-order valence-electron chi connectivity index (χ3n) is 9.45. The maximum Gasteiger partial charge on any atom is 0.327 e. The molecule has 1 aliphatic carbocycles. The van der Waals surface area contributed by atoms with E-state index in [4.69, 9.17) is 17.3 Å². The molecule has 9 heteroatoms. The van der Waals surface area contributed by atoms with Crippen molar-refractivity contribution < 1.29 is 24.6 Å². The van der Waals surface area contributed by atoms with Crippen molar-refractivity contribution >= 4 is 63.6 Å². The van der Waals surface area contributed by atoms with Crippen molar-refractivity contribution in [2.24, 2.45) is 0 Å². The number of nitrogens with zero attached hydrogens (tertiary/aromatic N) is 2. The lowest BCUT2D eigenvalue weighted by atomic mass is 9.61. The van der Waals surface area contributed by atoms with Crippen LogP contribution < -0.4 is 4.90 Å². The zero-order chi connectivity index (χ0) is 30.5. The van der Waals surface area contributed by atoms with E-state index in [0.29, 0.717) is 0 Å². The number of carboxylic acids is 2. The van der Waals surface area contributed by atoms with E-state index in [-0.39, 0.29) is 20.2 Å². The monoisotopic (exact) mass is 612 g/mol. The van der Waals surface area contributed by atoms with Crippen LogP contribution in [-0.4, -0.2) is 48.9 Å². The van der Waals surface area contributed by atoms with Crippen molar-refractivity contribution in [1.29, 1.82) is 0 Å². The normalized spacial score (nSPS) is 24.7. The zero-order valence-corrected chi connectivity index (χ0v) is 25.6. The molecule has 43 heavy (non-hydrogen) atoms. The number of hydrogen-bond donors (Lipinski definition) is 2. The molecule has 3 aromatic carbocycles. The summed E-state index contributed by atoms with van der Waals surface area (Å²) in [7, 11) is 0. The first-order valence-corrected chi connectivity index (χ1v) is 15.6. The molecule has 3 unspecified atom stereocenters. The number of carbonyl (C=O) groups is 3. The van der Waals surface area contributed by atoms with Crippen LogP contribution in [0.1, 0.15) is 57.1 Å². The molecule has 7 nitrogen and oxygen atoms in total. The number of hydrogen-bond acceptors (Lipinski definition) is 6. The molecule has 0 spiro atoms. The largest absolute Gasteiger partial charge is 0.481 e. The average Bonchev–Trinajstić information content (AvgIpc) is 3.37. The molecule has 3 atom stereocenters. The van der Waals surface area contributed by atoms with Gasteiger partial charge >= 0.3 is 11.9 Å². The van der Waals surface area contributed by atoms with Gasteiger partial charge in [-0.25, -0.2) is 4.79 Å². The number of aliphatic carboxylic acids is 2. The zero-order valence-electron chi connectivity index (χ0n) is 23.9. The van der Waals surface area contributed by atoms with E-state index in [1.54, 1.807) is 6.08 Å². The number of thioether (sulfide) groups is 1. The highest BCUT2D eigenvalue weighted by Crippen LogP contribution is 2.61. The molecule has 2 aliphatic heterocycles. The van der Waals surface area contributed by atoms with E-state index < -0.39 is 30.3 Å². The Morgan fingerprint density at radius 1 is 0.977 bits per heavy atom. The van der Waals surface area contributed by atoms with Crippen LogP contribution in [-0.2, 0) is 19.8 Å². The second kappa shape index (κ2) is 11.0. The maximum absolute atomic E-state index is 13.0. The third-order valence-corrected chi connectivity index (χ3v) is 10.8. The van der Waals surface area contributed by atoms with Gasteiger partial charge in [-0.1, -0.05) is 92.3 Å². The number of para-hydroxylation sites is 1. The molecular weight excluding hydrogens is 581 g/mol. The van der Waals surface area contributed by atoms with Crippen molar-refractivity contribution in [1.82, 2.24) is 4.90 Å². The van der Waals surface area contributed by atoms with Crippen LogP contribution in [0, 0.1) is 0 Å². The smallest absolute Gasteiger partial charge is 0.327 e. The first-order valence-electron chi connectivity index (χ1n) is 14.4. The van der Waals surface area contributed by atoms with Crippen LogP contribution in [0.2, 0.25) is 0 Å². The van der Waals surface area contributed by atoms with Crippen LogP contribution >= 0.6 is 24.0 Å². The fourth-order valence-electron chi connectivity index (χ4n) is 7.02. The molecule has 2 fully saturated rings. The van der Waals surface area contributed by atoms with Gasteiger partial charge in [-0.05, 0) is 72.4 Å². The van der Waals surface area contributed by atoms with Crippen LogP contribution in [0.4, 0.5) is 11.4 Å². The molecule has 0 aromatic heterocycles. The number of carboxylic acid groups (broad SMARTS) is 2. The van der Waals surface area contributed by atoms with Crippen LogP contribution in [0.5, 0.6) is 0 Å². The van der Waals surface area contributed by atoms with Gasteiger partial charge in [0.15, 0.2) is 0 Å². The van der Waals surface area contributed by atoms with E-state index >= 15 is 0 Å². The summed E-state index contributed by atoms with van der Waals surface area (Å²) in [4.78, 5) is 39.6. The molecule has 3 aromatic rings. The number of fused-ring (bicyclic) bond motifs is 3. The molecule has 1 saturated carbocycles. The van der Waals surface area contributed by atoms with E-state index in [1.807, 2.05) is 24.3 Å². The highest BCUT2D eigenvalue weighted by molar-refractivity contribution is 8.26. The van der Waals surface area contributed by atoms with Gasteiger partial charge in [0.05, 0.1) is 16.9 Å².